The summed E-state index contributed by atoms with van der Waals surface area (Å²) < 4.78 is 35.0. The van der Waals surface area contributed by atoms with Gasteiger partial charge in [0.2, 0.25) is 0 Å². The highest BCUT2D eigenvalue weighted by molar-refractivity contribution is 7.80. The van der Waals surface area contributed by atoms with E-state index in [1.807, 2.05) is 56.4 Å². The number of nitrogens with one attached hydrogen (secondary N) is 2. The number of nitrogens with zero attached hydrogens (tertiary/aromatic N) is 1. The topological polar surface area (TPSA) is 124 Å². The van der Waals surface area contributed by atoms with E-state index in [4.69, 9.17) is 4.42 Å². The van der Waals surface area contributed by atoms with E-state index in [9.17, 15) is 18.4 Å². The number of benzene rings is 3. The normalized spacial score (nSPS) is 11.7. The molecule has 0 aliphatic rings. The Kier molecular flexibility index (Phi) is 8.45. The Morgan fingerprint density at radius 3 is 2.29 bits per heavy atom. The van der Waals surface area contributed by atoms with Gasteiger partial charge in [-0.15, -0.1) is 0 Å². The van der Waals surface area contributed by atoms with Gasteiger partial charge in [-0.25, -0.2) is 0 Å². The number of anilines is 3. The highest BCUT2D eigenvalue weighted by Gasteiger charge is 2.19. The molecular formula is C28H28N3O6S-. The van der Waals surface area contributed by atoms with Crippen LogP contribution in [0.5, 0.6) is 0 Å². The van der Waals surface area contributed by atoms with Crippen molar-refractivity contribution in [2.75, 3.05) is 35.6 Å². The third-order valence-corrected chi connectivity index (χ3v) is 6.96. The highest BCUT2D eigenvalue weighted by Crippen LogP contribution is 2.32. The molecule has 0 aliphatic heterocycles. The first-order chi connectivity index (χ1) is 18.3. The molecule has 0 spiro atoms. The lowest BCUT2D eigenvalue weighted by Crippen LogP contribution is -2.27. The summed E-state index contributed by atoms with van der Waals surface area (Å²) in [5, 5.41) is 6.88. The van der Waals surface area contributed by atoms with Crippen molar-refractivity contribution in [3.63, 3.8) is 0 Å². The number of fused-ring (bicyclic) bond motifs is 1. The molecule has 0 saturated heterocycles. The molecule has 0 radical (unpaired) electrons. The number of amides is 1. The molecular weight excluding hydrogens is 506 g/mol. The largest absolute Gasteiger partial charge is 0.755 e. The van der Waals surface area contributed by atoms with E-state index in [-0.39, 0.29) is 30.6 Å². The molecule has 0 fully saturated rings. The van der Waals surface area contributed by atoms with Crippen molar-refractivity contribution < 1.29 is 27.5 Å². The molecule has 1 unspecified atom stereocenters. The second-order valence-electron chi connectivity index (χ2n) is 8.56. The number of methoxy groups -OCH3 is 1. The lowest BCUT2D eigenvalue weighted by atomic mass is 10.0. The number of carbonyl (C=O) groups is 2. The first kappa shape index (κ1) is 26.9. The Morgan fingerprint density at radius 2 is 1.68 bits per heavy atom. The first-order valence-corrected chi connectivity index (χ1v) is 13.0. The fourth-order valence-electron chi connectivity index (χ4n) is 4.24. The average molecular weight is 535 g/mol. The lowest BCUT2D eigenvalue weighted by molar-refractivity contribution is -0.140. The lowest BCUT2D eigenvalue weighted by Gasteiger charge is -2.26. The van der Waals surface area contributed by atoms with E-state index in [0.717, 1.165) is 27.8 Å². The van der Waals surface area contributed by atoms with Crippen LogP contribution in [-0.4, -0.2) is 41.3 Å². The van der Waals surface area contributed by atoms with Crippen LogP contribution in [0, 0.1) is 6.92 Å². The monoisotopic (exact) mass is 534 g/mol. The van der Waals surface area contributed by atoms with E-state index in [1.54, 1.807) is 24.3 Å². The predicted octanol–water partition coefficient (Wildman–Crippen LogP) is 5.26. The molecule has 198 valence electrons. The van der Waals surface area contributed by atoms with E-state index in [1.165, 1.54) is 11.4 Å². The summed E-state index contributed by atoms with van der Waals surface area (Å²) in [4.78, 5) is 24.2. The van der Waals surface area contributed by atoms with Crippen molar-refractivity contribution in [3.8, 4) is 11.1 Å². The maximum atomic E-state index is 12.9. The summed E-state index contributed by atoms with van der Waals surface area (Å²) in [5.74, 6) is -0.461. The second kappa shape index (κ2) is 11.9. The Hall–Kier alpha value is -4.15. The fourth-order valence-corrected chi connectivity index (χ4v) is 4.81. The minimum atomic E-state index is -2.48. The van der Waals surface area contributed by atoms with Crippen molar-refractivity contribution in [1.82, 2.24) is 0 Å². The van der Waals surface area contributed by atoms with Gasteiger partial charge in [-0.05, 0) is 60.9 Å². The average Bonchev–Trinajstić information content (AvgIpc) is 3.28. The number of carbonyl (C=O) groups excluding carboxylic acids is 2. The van der Waals surface area contributed by atoms with Crippen LogP contribution in [-0.2, 0) is 20.8 Å². The van der Waals surface area contributed by atoms with Crippen LogP contribution in [0.4, 0.5) is 17.1 Å². The third kappa shape index (κ3) is 5.87. The second-order valence-corrected chi connectivity index (χ2v) is 9.44. The maximum Gasteiger partial charge on any atom is 0.305 e. The third-order valence-electron chi connectivity index (χ3n) is 6.21. The van der Waals surface area contributed by atoms with Gasteiger partial charge in [0, 0.05) is 59.3 Å². The smallest absolute Gasteiger partial charge is 0.305 e. The van der Waals surface area contributed by atoms with Crippen molar-refractivity contribution >= 4 is 51.2 Å². The van der Waals surface area contributed by atoms with Crippen molar-refractivity contribution in [1.29, 1.82) is 0 Å². The zero-order chi connectivity index (χ0) is 27.2. The van der Waals surface area contributed by atoms with Gasteiger partial charge < -0.3 is 28.6 Å². The van der Waals surface area contributed by atoms with Crippen LogP contribution < -0.4 is 14.9 Å². The summed E-state index contributed by atoms with van der Waals surface area (Å²) >= 11 is -2.48. The molecule has 4 aromatic rings. The Balaban J connectivity index is 1.44. The molecule has 9 nitrogen and oxygen atoms in total. The zero-order valence-corrected chi connectivity index (χ0v) is 22.1. The molecule has 10 heteroatoms. The number of rotatable bonds is 10. The number of hydrogen-bond donors (Lipinski definition) is 2. The highest BCUT2D eigenvalue weighted by atomic mass is 32.2. The molecule has 3 aromatic carbocycles. The summed E-state index contributed by atoms with van der Waals surface area (Å²) in [6.45, 7) is 2.02. The van der Waals surface area contributed by atoms with E-state index >= 15 is 0 Å². The summed E-state index contributed by atoms with van der Waals surface area (Å²) in [6, 6.07) is 20.0. The molecule has 1 aromatic heterocycles. The van der Waals surface area contributed by atoms with Crippen LogP contribution in [0.2, 0.25) is 0 Å². The molecule has 1 amide bonds. The molecule has 1 atom stereocenters. The summed E-state index contributed by atoms with van der Waals surface area (Å²) in [7, 11) is 3.12. The molecule has 0 bridgehead atoms. The number of ether oxygens (including phenoxy) is 1. The SMILES string of the molecule is CNc1cccc2oc(C(=O)Nc3ccc(-c4ccc(N(CCCC(=O)OC)S(=O)[O-])cc4)cc3)c(C)c12. The van der Waals surface area contributed by atoms with E-state index < -0.39 is 11.3 Å². The molecule has 0 aliphatic carbocycles. The van der Waals surface area contributed by atoms with Gasteiger partial charge in [-0.3, -0.25) is 13.8 Å². The number of esters is 1. The Morgan fingerprint density at radius 1 is 1.03 bits per heavy atom. The molecule has 2 N–H and O–H groups in total. The summed E-state index contributed by atoms with van der Waals surface area (Å²) in [5.41, 5.74) is 5.18. The standard InChI is InChI=1S/C28H29N3O6S/c1-18-26-23(29-2)6-4-7-24(26)37-27(18)28(33)30-21-13-9-19(10-14-21)20-11-15-22(16-12-20)31(38(34)35)17-5-8-25(32)36-3/h4,6-7,9-16,29H,5,8,17H2,1-3H3,(H,30,33)(H,34,35)/p-1. The van der Waals surface area contributed by atoms with Gasteiger partial charge >= 0.3 is 5.97 Å². The Labute approximate surface area is 223 Å². The van der Waals surface area contributed by atoms with Crippen molar-refractivity contribution in [2.45, 2.75) is 19.8 Å². The van der Waals surface area contributed by atoms with Gasteiger partial charge in [0.15, 0.2) is 5.76 Å². The van der Waals surface area contributed by atoms with E-state index in [0.29, 0.717) is 23.4 Å². The van der Waals surface area contributed by atoms with Crippen molar-refractivity contribution in [2.24, 2.45) is 0 Å². The predicted molar refractivity (Wildman–Crippen MR) is 148 cm³/mol. The summed E-state index contributed by atoms with van der Waals surface area (Å²) in [6.07, 6.45) is 0.484. The number of furan rings is 1. The van der Waals surface area contributed by atoms with Crippen LogP contribution >= 0.6 is 0 Å². The van der Waals surface area contributed by atoms with Gasteiger partial charge in [0.25, 0.3) is 5.91 Å². The number of aryl methyl sites for hydroxylation is 1. The number of hydrogen-bond acceptors (Lipinski definition) is 7. The maximum absolute atomic E-state index is 12.9. The minimum Gasteiger partial charge on any atom is -0.755 e. The van der Waals surface area contributed by atoms with Crippen molar-refractivity contribution in [3.05, 3.63) is 78.1 Å². The molecule has 0 saturated carbocycles. The van der Waals surface area contributed by atoms with Gasteiger partial charge in [-0.1, -0.05) is 30.3 Å². The van der Waals surface area contributed by atoms with Crippen LogP contribution in [0.15, 0.2) is 71.1 Å². The van der Waals surface area contributed by atoms with Gasteiger partial charge in [0.1, 0.15) is 5.58 Å². The minimum absolute atomic E-state index is 0.137. The molecule has 1 heterocycles. The molecule has 4 rings (SSSR count). The van der Waals surface area contributed by atoms with E-state index in [2.05, 4.69) is 15.4 Å². The Bertz CT molecular complexity index is 1460. The molecule has 38 heavy (non-hydrogen) atoms. The van der Waals surface area contributed by atoms with Crippen LogP contribution in [0.25, 0.3) is 22.1 Å². The fraction of sp³-hybridized carbons (Fsp3) is 0.214. The van der Waals surface area contributed by atoms with Crippen LogP contribution in [0.1, 0.15) is 29.0 Å². The quantitative estimate of drug-likeness (QED) is 0.210. The first-order valence-electron chi connectivity index (χ1n) is 12.0. The van der Waals surface area contributed by atoms with Crippen LogP contribution in [0.3, 0.4) is 0 Å². The zero-order valence-electron chi connectivity index (χ0n) is 21.3. The van der Waals surface area contributed by atoms with Gasteiger partial charge in [0.05, 0.1) is 7.11 Å². The van der Waals surface area contributed by atoms with Gasteiger partial charge in [-0.2, -0.15) is 0 Å².